The Morgan fingerprint density at radius 1 is 1.17 bits per heavy atom. The molecule has 1 aromatic carbocycles. The van der Waals surface area contributed by atoms with Gasteiger partial charge in [-0.25, -0.2) is 0 Å². The maximum atomic E-state index is 13.7. The number of fused-ring (bicyclic) bond motifs is 3. The number of aromatic nitrogens is 3. The number of carbonyl (C=O) groups excluding carboxylic acids is 1. The number of hydrogen-bond donors (Lipinski definition) is 0. The lowest BCUT2D eigenvalue weighted by Gasteiger charge is -2.28. The summed E-state index contributed by atoms with van der Waals surface area (Å²) in [7, 11) is 3.94. The summed E-state index contributed by atoms with van der Waals surface area (Å²) in [4.78, 5) is 15.7. The van der Waals surface area contributed by atoms with E-state index >= 15 is 0 Å². The standard InChI is InChI=1S/C24H28N4O/c1-16-10-21(25-27(16)3)15-28(14-20-12-17-8-9-18(20)11-17)24(29)23-13-19-6-4-5-7-22(19)26(23)2/h4-10,13,17-18,20H,11-12,14-15H2,1-3H3/t17-,18+,20-/m1/s1. The van der Waals surface area contributed by atoms with Gasteiger partial charge in [0.1, 0.15) is 5.69 Å². The molecule has 2 aliphatic carbocycles. The molecule has 2 bridgehead atoms. The van der Waals surface area contributed by atoms with Crippen molar-refractivity contribution in [3.63, 3.8) is 0 Å². The number of aryl methyl sites for hydroxylation is 3. The summed E-state index contributed by atoms with van der Waals surface area (Å²) >= 11 is 0. The van der Waals surface area contributed by atoms with Crippen molar-refractivity contribution in [2.45, 2.75) is 26.3 Å². The Morgan fingerprint density at radius 2 is 2.00 bits per heavy atom. The van der Waals surface area contributed by atoms with Crippen LogP contribution in [0.2, 0.25) is 0 Å². The number of rotatable bonds is 5. The van der Waals surface area contributed by atoms with Gasteiger partial charge in [-0.3, -0.25) is 9.48 Å². The first-order valence-corrected chi connectivity index (χ1v) is 10.5. The zero-order valence-corrected chi connectivity index (χ0v) is 17.4. The molecular weight excluding hydrogens is 360 g/mol. The second kappa shape index (κ2) is 6.90. The maximum absolute atomic E-state index is 13.7. The van der Waals surface area contributed by atoms with Crippen LogP contribution in [0.4, 0.5) is 0 Å². The van der Waals surface area contributed by atoms with Crippen molar-refractivity contribution in [1.29, 1.82) is 0 Å². The van der Waals surface area contributed by atoms with Gasteiger partial charge in [0.15, 0.2) is 0 Å². The number of amides is 1. The zero-order valence-electron chi connectivity index (χ0n) is 17.4. The van der Waals surface area contributed by atoms with E-state index in [1.54, 1.807) is 0 Å². The lowest BCUT2D eigenvalue weighted by molar-refractivity contribution is 0.0693. The van der Waals surface area contributed by atoms with Gasteiger partial charge in [-0.1, -0.05) is 30.4 Å². The lowest BCUT2D eigenvalue weighted by Crippen LogP contribution is -2.37. The highest BCUT2D eigenvalue weighted by Crippen LogP contribution is 2.43. The van der Waals surface area contributed by atoms with Crippen LogP contribution in [0.3, 0.4) is 0 Å². The number of allylic oxidation sites excluding steroid dienone is 2. The first-order chi connectivity index (χ1) is 14.0. The SMILES string of the molecule is Cc1cc(CN(C[C@H]2C[C@@H]3C=C[C@H]2C3)C(=O)c2cc3ccccc3n2C)nn1C. The molecule has 0 N–H and O–H groups in total. The molecular formula is C24H28N4O. The highest BCUT2D eigenvalue weighted by Gasteiger charge is 2.37. The van der Waals surface area contributed by atoms with Crippen LogP contribution in [-0.4, -0.2) is 31.7 Å². The minimum absolute atomic E-state index is 0.0961. The van der Waals surface area contributed by atoms with Crippen molar-refractivity contribution in [3.8, 4) is 0 Å². The van der Waals surface area contributed by atoms with E-state index < -0.39 is 0 Å². The molecule has 1 saturated carbocycles. The van der Waals surface area contributed by atoms with Crippen LogP contribution in [0.1, 0.15) is 34.7 Å². The van der Waals surface area contributed by atoms with Crippen molar-refractivity contribution >= 4 is 16.8 Å². The van der Waals surface area contributed by atoms with Gasteiger partial charge in [0.05, 0.1) is 12.2 Å². The Hall–Kier alpha value is -2.82. The fourth-order valence-corrected chi connectivity index (χ4v) is 5.17. The predicted molar refractivity (Wildman–Crippen MR) is 114 cm³/mol. The van der Waals surface area contributed by atoms with E-state index in [-0.39, 0.29) is 5.91 Å². The summed E-state index contributed by atoms with van der Waals surface area (Å²) in [5.41, 5.74) is 3.90. The van der Waals surface area contributed by atoms with Crippen LogP contribution < -0.4 is 0 Å². The zero-order chi connectivity index (χ0) is 20.1. The Balaban J connectivity index is 1.46. The third-order valence-electron chi connectivity index (χ3n) is 6.85. The molecule has 2 aromatic heterocycles. The minimum Gasteiger partial charge on any atom is -0.340 e. The third kappa shape index (κ3) is 3.18. The molecule has 1 amide bonds. The monoisotopic (exact) mass is 388 g/mol. The summed E-state index contributed by atoms with van der Waals surface area (Å²) in [5, 5.41) is 5.72. The number of hydrogen-bond acceptors (Lipinski definition) is 2. The normalized spacial score (nSPS) is 22.7. The summed E-state index contributed by atoms with van der Waals surface area (Å²) < 4.78 is 3.91. The molecule has 0 radical (unpaired) electrons. The van der Waals surface area contributed by atoms with Crippen molar-refractivity contribution in [3.05, 3.63) is 65.6 Å². The first kappa shape index (κ1) is 18.2. The molecule has 0 unspecified atom stereocenters. The van der Waals surface area contributed by atoms with E-state index in [9.17, 15) is 4.79 Å². The molecule has 5 nitrogen and oxygen atoms in total. The van der Waals surface area contributed by atoms with Crippen LogP contribution in [-0.2, 0) is 20.6 Å². The van der Waals surface area contributed by atoms with Gasteiger partial charge in [0.2, 0.25) is 0 Å². The van der Waals surface area contributed by atoms with Gasteiger partial charge >= 0.3 is 0 Å². The largest absolute Gasteiger partial charge is 0.340 e. The van der Waals surface area contributed by atoms with Gasteiger partial charge in [-0.05, 0) is 55.7 Å². The van der Waals surface area contributed by atoms with Gasteiger partial charge in [0.25, 0.3) is 5.91 Å². The lowest BCUT2D eigenvalue weighted by atomic mass is 9.93. The third-order valence-corrected chi connectivity index (χ3v) is 6.85. The summed E-state index contributed by atoms with van der Waals surface area (Å²) in [6, 6.07) is 12.3. The Kier molecular flexibility index (Phi) is 4.34. The number of benzene rings is 1. The fraction of sp³-hybridized carbons (Fsp3) is 0.417. The molecule has 3 aromatic rings. The summed E-state index contributed by atoms with van der Waals surface area (Å²) in [6.07, 6.45) is 7.17. The van der Waals surface area contributed by atoms with Gasteiger partial charge < -0.3 is 9.47 Å². The molecule has 0 spiro atoms. The molecule has 5 heteroatoms. The molecule has 1 fully saturated rings. The molecule has 150 valence electrons. The summed E-state index contributed by atoms with van der Waals surface area (Å²) in [6.45, 7) is 3.40. The molecule has 2 aliphatic rings. The highest BCUT2D eigenvalue weighted by molar-refractivity contribution is 5.98. The first-order valence-electron chi connectivity index (χ1n) is 10.5. The quantitative estimate of drug-likeness (QED) is 0.618. The molecule has 0 aliphatic heterocycles. The van der Waals surface area contributed by atoms with E-state index in [4.69, 9.17) is 0 Å². The number of para-hydroxylation sites is 1. The second-order valence-corrected chi connectivity index (χ2v) is 8.77. The van der Waals surface area contributed by atoms with Crippen LogP contribution in [0.5, 0.6) is 0 Å². The minimum atomic E-state index is 0.0961. The van der Waals surface area contributed by atoms with E-state index in [0.29, 0.717) is 24.3 Å². The van der Waals surface area contributed by atoms with Crippen molar-refractivity contribution < 1.29 is 4.79 Å². The predicted octanol–water partition coefficient (Wildman–Crippen LogP) is 4.07. The summed E-state index contributed by atoms with van der Waals surface area (Å²) in [5.74, 6) is 1.97. The average molecular weight is 389 g/mol. The Labute approximate surface area is 171 Å². The van der Waals surface area contributed by atoms with E-state index in [1.807, 2.05) is 53.4 Å². The number of carbonyl (C=O) groups is 1. The fourth-order valence-electron chi connectivity index (χ4n) is 5.17. The van der Waals surface area contributed by atoms with E-state index in [0.717, 1.165) is 34.5 Å². The van der Waals surface area contributed by atoms with E-state index in [2.05, 4.69) is 35.4 Å². The molecule has 29 heavy (non-hydrogen) atoms. The Morgan fingerprint density at radius 3 is 2.66 bits per heavy atom. The maximum Gasteiger partial charge on any atom is 0.270 e. The second-order valence-electron chi connectivity index (χ2n) is 8.77. The van der Waals surface area contributed by atoms with Crippen molar-refractivity contribution in [2.24, 2.45) is 31.8 Å². The smallest absolute Gasteiger partial charge is 0.270 e. The molecule has 0 saturated heterocycles. The van der Waals surface area contributed by atoms with Crippen LogP contribution in [0.25, 0.3) is 10.9 Å². The van der Waals surface area contributed by atoms with Crippen LogP contribution in [0, 0.1) is 24.7 Å². The average Bonchev–Trinajstić information content (AvgIpc) is 3.47. The molecule has 2 heterocycles. The van der Waals surface area contributed by atoms with Gasteiger partial charge in [0, 0.05) is 37.2 Å². The van der Waals surface area contributed by atoms with Gasteiger partial charge in [-0.15, -0.1) is 0 Å². The number of nitrogens with zero attached hydrogens (tertiary/aromatic N) is 4. The molecule has 5 rings (SSSR count). The highest BCUT2D eigenvalue weighted by atomic mass is 16.2. The van der Waals surface area contributed by atoms with E-state index in [1.165, 1.54) is 12.8 Å². The van der Waals surface area contributed by atoms with Crippen LogP contribution >= 0.6 is 0 Å². The van der Waals surface area contributed by atoms with Crippen molar-refractivity contribution in [2.75, 3.05) is 6.54 Å². The van der Waals surface area contributed by atoms with Gasteiger partial charge in [-0.2, -0.15) is 5.10 Å². The van der Waals surface area contributed by atoms with Crippen LogP contribution in [0.15, 0.2) is 48.6 Å². The molecule has 3 atom stereocenters. The topological polar surface area (TPSA) is 43.1 Å². The Bertz CT molecular complexity index is 1090. The van der Waals surface area contributed by atoms with Crippen molar-refractivity contribution in [1.82, 2.24) is 19.2 Å².